The van der Waals surface area contributed by atoms with Gasteiger partial charge in [0.05, 0.1) is 22.4 Å². The summed E-state index contributed by atoms with van der Waals surface area (Å²) < 4.78 is 5.18. The molecular weight excluding hydrogens is 607 g/mol. The molecule has 0 saturated carbocycles. The van der Waals surface area contributed by atoms with Crippen LogP contribution in [-0.4, -0.2) is 14.1 Å². The zero-order valence-corrected chi connectivity index (χ0v) is 28.3. The van der Waals surface area contributed by atoms with Gasteiger partial charge in [0.2, 0.25) is 0 Å². The van der Waals surface area contributed by atoms with Crippen LogP contribution in [0.1, 0.15) is 48.2 Å². The maximum Gasteiger partial charge on any atom is 0.0715 e. The fraction of sp³-hybridized carbons (Fsp3) is 0.170. The van der Waals surface area contributed by atoms with E-state index < -0.39 is 0 Å². The van der Waals surface area contributed by atoms with E-state index in [1.807, 2.05) is 0 Å². The summed E-state index contributed by atoms with van der Waals surface area (Å²) in [5, 5.41) is 2.80. The van der Waals surface area contributed by atoms with E-state index in [2.05, 4.69) is 149 Å². The van der Waals surface area contributed by atoms with Crippen LogP contribution < -0.4 is 0 Å². The molecule has 5 aromatic carbocycles. The predicted octanol–water partition coefficient (Wildman–Crippen LogP) is 11.7. The molecule has 3 heteroatoms. The first-order chi connectivity index (χ1) is 24.8. The first kappa shape index (κ1) is 29.3. The molecule has 0 unspecified atom stereocenters. The third-order valence-electron chi connectivity index (χ3n) is 11.1. The Balaban J connectivity index is 1.28. The summed E-state index contributed by atoms with van der Waals surface area (Å²) in [5.41, 5.74) is 17.7. The molecule has 3 heterocycles. The molecule has 0 saturated heterocycles. The Labute approximate surface area is 293 Å². The Kier molecular flexibility index (Phi) is 7.04. The second kappa shape index (κ2) is 12.0. The molecule has 3 aromatic heterocycles. The Morgan fingerprint density at radius 1 is 0.380 bits per heavy atom. The molecule has 0 fully saturated rings. The zero-order chi connectivity index (χ0) is 33.0. The van der Waals surface area contributed by atoms with E-state index in [0.29, 0.717) is 0 Å². The topological polar surface area (TPSA) is 22.8 Å². The maximum absolute atomic E-state index is 5.23. The molecule has 50 heavy (non-hydrogen) atoms. The van der Waals surface area contributed by atoms with Crippen molar-refractivity contribution in [1.29, 1.82) is 0 Å². The highest BCUT2D eigenvalue weighted by atomic mass is 15.0. The SMILES string of the molecule is c1ccc(-c2cc(-c3cc(-n4c5c(c6ccccc64)CCCC5)cc(-n4c5c(c6ccccc64)CCCC5)c3)cc(-c3ccccc3)n2)cc1. The Morgan fingerprint density at radius 3 is 1.30 bits per heavy atom. The number of rotatable bonds is 5. The van der Waals surface area contributed by atoms with Crippen LogP contribution in [0.25, 0.3) is 66.8 Å². The molecule has 0 bridgehead atoms. The first-order valence-electron chi connectivity index (χ1n) is 18.3. The summed E-state index contributed by atoms with van der Waals surface area (Å²) in [6.07, 6.45) is 9.50. The van der Waals surface area contributed by atoms with Crippen LogP contribution in [0.15, 0.2) is 140 Å². The number of nitrogens with zero attached hydrogens (tertiary/aromatic N) is 3. The summed E-state index contributed by atoms with van der Waals surface area (Å²) >= 11 is 0. The van der Waals surface area contributed by atoms with Crippen molar-refractivity contribution in [2.45, 2.75) is 51.4 Å². The highest BCUT2D eigenvalue weighted by Gasteiger charge is 2.24. The van der Waals surface area contributed by atoms with E-state index in [-0.39, 0.29) is 0 Å². The molecule has 0 N–H and O–H groups in total. The molecule has 2 aliphatic carbocycles. The average Bonchev–Trinajstić information content (AvgIpc) is 3.71. The lowest BCUT2D eigenvalue weighted by Gasteiger charge is -2.21. The highest BCUT2D eigenvalue weighted by molar-refractivity contribution is 5.90. The minimum atomic E-state index is 0.987. The second-order valence-corrected chi connectivity index (χ2v) is 14.1. The fourth-order valence-electron chi connectivity index (χ4n) is 8.81. The van der Waals surface area contributed by atoms with Gasteiger partial charge in [0, 0.05) is 44.7 Å². The van der Waals surface area contributed by atoms with E-state index in [1.165, 1.54) is 92.5 Å². The number of aromatic nitrogens is 3. The van der Waals surface area contributed by atoms with Gasteiger partial charge in [-0.2, -0.15) is 0 Å². The van der Waals surface area contributed by atoms with Gasteiger partial charge in [0.15, 0.2) is 0 Å². The Bertz CT molecular complexity index is 2360. The number of para-hydroxylation sites is 2. The quantitative estimate of drug-likeness (QED) is 0.183. The van der Waals surface area contributed by atoms with Gasteiger partial charge in [-0.3, -0.25) is 0 Å². The van der Waals surface area contributed by atoms with E-state index in [0.717, 1.165) is 48.2 Å². The molecule has 0 spiro atoms. The fourth-order valence-corrected chi connectivity index (χ4v) is 8.81. The third kappa shape index (κ3) is 4.83. The molecule has 0 aliphatic heterocycles. The van der Waals surface area contributed by atoms with Gasteiger partial charge in [-0.05, 0) is 116 Å². The number of benzene rings is 5. The summed E-state index contributed by atoms with van der Waals surface area (Å²) in [5.74, 6) is 0. The van der Waals surface area contributed by atoms with Crippen molar-refractivity contribution in [3.63, 3.8) is 0 Å². The normalized spacial score (nSPS) is 14.2. The number of hydrogen-bond donors (Lipinski definition) is 0. The molecule has 242 valence electrons. The van der Waals surface area contributed by atoms with Crippen LogP contribution in [0.2, 0.25) is 0 Å². The average molecular weight is 646 g/mol. The van der Waals surface area contributed by atoms with E-state index in [4.69, 9.17) is 4.98 Å². The largest absolute Gasteiger partial charge is 0.313 e. The van der Waals surface area contributed by atoms with Gasteiger partial charge in [-0.1, -0.05) is 97.1 Å². The predicted molar refractivity (Wildman–Crippen MR) is 207 cm³/mol. The van der Waals surface area contributed by atoms with Crippen molar-refractivity contribution in [3.8, 4) is 45.0 Å². The van der Waals surface area contributed by atoms with Crippen LogP contribution >= 0.6 is 0 Å². The van der Waals surface area contributed by atoms with Crippen molar-refractivity contribution in [2.24, 2.45) is 0 Å². The lowest BCUT2D eigenvalue weighted by Crippen LogP contribution is -2.09. The van der Waals surface area contributed by atoms with Crippen molar-refractivity contribution < 1.29 is 0 Å². The van der Waals surface area contributed by atoms with Crippen LogP contribution in [0.5, 0.6) is 0 Å². The van der Waals surface area contributed by atoms with Gasteiger partial charge in [-0.25, -0.2) is 4.98 Å². The number of aryl methyl sites for hydroxylation is 2. The van der Waals surface area contributed by atoms with Crippen LogP contribution in [0.3, 0.4) is 0 Å². The monoisotopic (exact) mass is 645 g/mol. The minimum absolute atomic E-state index is 0.987. The Hall–Kier alpha value is -5.67. The van der Waals surface area contributed by atoms with Gasteiger partial charge >= 0.3 is 0 Å². The number of fused-ring (bicyclic) bond motifs is 6. The minimum Gasteiger partial charge on any atom is -0.313 e. The molecule has 2 aliphatic rings. The maximum atomic E-state index is 5.23. The first-order valence-corrected chi connectivity index (χ1v) is 18.3. The van der Waals surface area contributed by atoms with Gasteiger partial charge in [0.25, 0.3) is 0 Å². The van der Waals surface area contributed by atoms with Gasteiger partial charge < -0.3 is 9.13 Å². The lowest BCUT2D eigenvalue weighted by atomic mass is 9.95. The molecule has 3 nitrogen and oxygen atoms in total. The molecule has 8 aromatic rings. The third-order valence-corrected chi connectivity index (χ3v) is 11.1. The van der Waals surface area contributed by atoms with Crippen LogP contribution in [-0.2, 0) is 25.7 Å². The van der Waals surface area contributed by atoms with Crippen LogP contribution in [0.4, 0.5) is 0 Å². The van der Waals surface area contributed by atoms with Crippen molar-refractivity contribution in [3.05, 3.63) is 162 Å². The highest BCUT2D eigenvalue weighted by Crippen LogP contribution is 2.40. The molecule has 0 atom stereocenters. The second-order valence-electron chi connectivity index (χ2n) is 14.1. The summed E-state index contributed by atoms with van der Waals surface area (Å²) in [4.78, 5) is 5.23. The molecular formula is C47H39N3. The zero-order valence-electron chi connectivity index (χ0n) is 28.3. The standard InChI is InChI=1S/C47H39N3/c1-3-15-32(16-4-1)42-29-35(30-43(48-42)33-17-5-2-6-18-33)34-27-36(49-44-23-11-7-19-38(44)39-20-8-12-24-45(39)49)31-37(28-34)50-46-25-13-9-21-40(46)41-22-10-14-26-47(41)50/h1-7,9,11,13,15-19,21,23,25,27-31H,8,10,12,14,20,22,24,26H2. The Morgan fingerprint density at radius 2 is 0.800 bits per heavy atom. The van der Waals surface area contributed by atoms with E-state index in [1.54, 1.807) is 0 Å². The van der Waals surface area contributed by atoms with E-state index in [9.17, 15) is 0 Å². The molecule has 0 amide bonds. The van der Waals surface area contributed by atoms with E-state index >= 15 is 0 Å². The smallest absolute Gasteiger partial charge is 0.0715 e. The molecule has 0 radical (unpaired) electrons. The molecule has 10 rings (SSSR count). The van der Waals surface area contributed by atoms with Gasteiger partial charge in [-0.15, -0.1) is 0 Å². The summed E-state index contributed by atoms with van der Waals surface area (Å²) in [6.45, 7) is 0. The van der Waals surface area contributed by atoms with Crippen molar-refractivity contribution in [1.82, 2.24) is 14.1 Å². The summed E-state index contributed by atoms with van der Waals surface area (Å²) in [6, 6.07) is 51.2. The van der Waals surface area contributed by atoms with Crippen molar-refractivity contribution >= 4 is 21.8 Å². The number of hydrogen-bond acceptors (Lipinski definition) is 1. The van der Waals surface area contributed by atoms with Crippen LogP contribution in [0, 0.1) is 0 Å². The number of pyridine rings is 1. The lowest BCUT2D eigenvalue weighted by molar-refractivity contribution is 0.665. The summed E-state index contributed by atoms with van der Waals surface area (Å²) in [7, 11) is 0. The van der Waals surface area contributed by atoms with Crippen molar-refractivity contribution in [2.75, 3.05) is 0 Å². The van der Waals surface area contributed by atoms with Gasteiger partial charge in [0.1, 0.15) is 0 Å².